The van der Waals surface area contributed by atoms with Gasteiger partial charge in [-0.05, 0) is 40.5 Å². The van der Waals surface area contributed by atoms with Gasteiger partial charge in [-0.25, -0.2) is 9.18 Å². The van der Waals surface area contributed by atoms with E-state index in [9.17, 15) is 19.4 Å². The van der Waals surface area contributed by atoms with Gasteiger partial charge in [0.15, 0.2) is 0 Å². The first-order valence-corrected chi connectivity index (χ1v) is 10.2. The Labute approximate surface area is 184 Å². The van der Waals surface area contributed by atoms with Crippen LogP contribution in [0.5, 0.6) is 0 Å². The summed E-state index contributed by atoms with van der Waals surface area (Å²) in [7, 11) is 0. The molecule has 0 aliphatic heterocycles. The van der Waals surface area contributed by atoms with Gasteiger partial charge in [0.1, 0.15) is 24.6 Å². The van der Waals surface area contributed by atoms with Gasteiger partial charge in [0.05, 0.1) is 0 Å². The number of ether oxygens (including phenoxy) is 1. The number of fused-ring (bicyclic) bond motifs is 3. The molecular weight excluding hydrogens is 421 g/mol. The zero-order chi connectivity index (χ0) is 22.0. The van der Waals surface area contributed by atoms with Crippen LogP contribution < -0.4 is 5.32 Å². The molecule has 3 N–H and O–H groups in total. The summed E-state index contributed by atoms with van der Waals surface area (Å²) in [6.45, 7) is -0.189. The van der Waals surface area contributed by atoms with E-state index in [1.54, 1.807) is 0 Å². The minimum absolute atomic E-state index is 0.0887. The summed E-state index contributed by atoms with van der Waals surface area (Å²) in [5.74, 6) is -0.786. The molecule has 0 saturated carbocycles. The van der Waals surface area contributed by atoms with Gasteiger partial charge >= 0.3 is 6.09 Å². The first-order chi connectivity index (χ1) is 15.0. The monoisotopic (exact) mass is 441 g/mol. The zero-order valence-corrected chi connectivity index (χ0v) is 17.2. The predicted octanol–water partition coefficient (Wildman–Crippen LogP) is 4.41. The van der Waals surface area contributed by atoms with Crippen LogP contribution in [0.25, 0.3) is 11.1 Å². The molecule has 2 unspecified atom stereocenters. The van der Waals surface area contributed by atoms with Gasteiger partial charge in [-0.1, -0.05) is 60.1 Å². The standard InChI is InChI=1S/C24H21ClFNO4/c25-14-9-10-21(26)19(11-14)23(29)22(28)12-27-24(30)31-13-20-17-7-3-1-5-15(17)16-6-2-4-8-18(16)20/h1-11,20,22-23,28-29H,12-13H2,(H,27,30). The molecular formula is C24H21ClFNO4. The van der Waals surface area contributed by atoms with E-state index in [1.807, 2.05) is 48.5 Å². The van der Waals surface area contributed by atoms with Crippen molar-refractivity contribution in [2.45, 2.75) is 18.1 Å². The van der Waals surface area contributed by atoms with E-state index in [-0.39, 0.29) is 29.7 Å². The molecule has 31 heavy (non-hydrogen) atoms. The third kappa shape index (κ3) is 4.42. The van der Waals surface area contributed by atoms with Crippen molar-refractivity contribution in [1.29, 1.82) is 0 Å². The van der Waals surface area contributed by atoms with Gasteiger partial charge in [-0.3, -0.25) is 0 Å². The SMILES string of the molecule is O=C(NCC(O)C(O)c1cc(Cl)ccc1F)OCC1c2ccccc2-c2ccccc21. The number of aliphatic hydroxyl groups is 2. The molecule has 3 aromatic rings. The number of benzene rings is 3. The van der Waals surface area contributed by atoms with Gasteiger partial charge in [0, 0.05) is 23.0 Å². The van der Waals surface area contributed by atoms with Gasteiger partial charge in [0.2, 0.25) is 0 Å². The summed E-state index contributed by atoms with van der Waals surface area (Å²) >= 11 is 5.82. The van der Waals surface area contributed by atoms with Crippen LogP contribution in [0.3, 0.4) is 0 Å². The molecule has 5 nitrogen and oxygen atoms in total. The first-order valence-electron chi connectivity index (χ1n) is 9.85. The molecule has 0 bridgehead atoms. The summed E-state index contributed by atoms with van der Waals surface area (Å²) < 4.78 is 19.3. The minimum atomic E-state index is -1.55. The Balaban J connectivity index is 1.35. The Morgan fingerprint density at radius 1 is 1.03 bits per heavy atom. The average molecular weight is 442 g/mol. The largest absolute Gasteiger partial charge is 0.449 e. The Morgan fingerprint density at radius 3 is 2.29 bits per heavy atom. The number of aliphatic hydroxyl groups excluding tert-OH is 2. The number of carbonyl (C=O) groups excluding carboxylic acids is 1. The van der Waals surface area contributed by atoms with Crippen LogP contribution in [0.2, 0.25) is 5.02 Å². The van der Waals surface area contributed by atoms with Gasteiger partial charge < -0.3 is 20.3 Å². The lowest BCUT2D eigenvalue weighted by Gasteiger charge is -2.20. The van der Waals surface area contributed by atoms with Crippen molar-refractivity contribution in [3.63, 3.8) is 0 Å². The van der Waals surface area contributed by atoms with Crippen molar-refractivity contribution in [2.75, 3.05) is 13.2 Å². The highest BCUT2D eigenvalue weighted by Gasteiger charge is 2.29. The van der Waals surface area contributed by atoms with Crippen LogP contribution in [-0.2, 0) is 4.74 Å². The summed E-state index contributed by atoms with van der Waals surface area (Å²) in [6, 6.07) is 19.6. The van der Waals surface area contributed by atoms with Crippen molar-refractivity contribution in [1.82, 2.24) is 5.32 Å². The molecule has 1 amide bonds. The topological polar surface area (TPSA) is 78.8 Å². The van der Waals surface area contributed by atoms with Gasteiger partial charge in [-0.2, -0.15) is 0 Å². The first kappa shape index (κ1) is 21.3. The normalized spacial score (nSPS) is 14.5. The number of hydrogen-bond donors (Lipinski definition) is 3. The summed E-state index contributed by atoms with van der Waals surface area (Å²) in [5.41, 5.74) is 4.27. The maximum atomic E-state index is 13.9. The van der Waals surface area contributed by atoms with Crippen LogP contribution in [0, 0.1) is 5.82 Å². The van der Waals surface area contributed by atoms with Crippen molar-refractivity contribution in [2.24, 2.45) is 0 Å². The fraction of sp³-hybridized carbons (Fsp3) is 0.208. The number of halogens is 2. The van der Waals surface area contributed by atoms with E-state index < -0.39 is 24.1 Å². The molecule has 0 fully saturated rings. The van der Waals surface area contributed by atoms with Crippen LogP contribution in [0.15, 0.2) is 66.7 Å². The molecule has 0 aromatic heterocycles. The van der Waals surface area contributed by atoms with Gasteiger partial charge in [0.25, 0.3) is 0 Å². The quantitative estimate of drug-likeness (QED) is 0.529. The summed E-state index contributed by atoms with van der Waals surface area (Å²) in [6.07, 6.45) is -3.72. The molecule has 0 heterocycles. The molecule has 3 aromatic carbocycles. The van der Waals surface area contributed by atoms with E-state index in [4.69, 9.17) is 16.3 Å². The Morgan fingerprint density at radius 2 is 1.65 bits per heavy atom. The second-order valence-corrected chi connectivity index (χ2v) is 7.82. The lowest BCUT2D eigenvalue weighted by atomic mass is 9.98. The van der Waals surface area contributed by atoms with Crippen molar-refractivity contribution in [3.8, 4) is 11.1 Å². The third-order valence-corrected chi connectivity index (χ3v) is 5.68. The number of nitrogens with one attached hydrogen (secondary N) is 1. The van der Waals surface area contributed by atoms with Gasteiger partial charge in [-0.15, -0.1) is 0 Å². The van der Waals surface area contributed by atoms with Crippen molar-refractivity contribution >= 4 is 17.7 Å². The molecule has 2 atom stereocenters. The van der Waals surface area contributed by atoms with E-state index in [1.165, 1.54) is 12.1 Å². The molecule has 160 valence electrons. The molecule has 0 saturated heterocycles. The zero-order valence-electron chi connectivity index (χ0n) is 16.5. The molecule has 7 heteroatoms. The highest BCUT2D eigenvalue weighted by atomic mass is 35.5. The van der Waals surface area contributed by atoms with Crippen LogP contribution in [-0.4, -0.2) is 35.6 Å². The maximum absolute atomic E-state index is 13.9. The number of hydrogen-bond acceptors (Lipinski definition) is 4. The molecule has 4 rings (SSSR count). The van der Waals surface area contributed by atoms with E-state index in [0.29, 0.717) is 0 Å². The molecule has 0 spiro atoms. The number of alkyl carbamates (subject to hydrolysis) is 1. The Hall–Kier alpha value is -2.93. The summed E-state index contributed by atoms with van der Waals surface area (Å²) in [4.78, 5) is 12.2. The summed E-state index contributed by atoms with van der Waals surface area (Å²) in [5, 5.41) is 23.0. The molecule has 1 aliphatic rings. The fourth-order valence-electron chi connectivity index (χ4n) is 3.90. The van der Waals surface area contributed by atoms with E-state index in [0.717, 1.165) is 28.3 Å². The van der Waals surface area contributed by atoms with E-state index in [2.05, 4.69) is 5.32 Å². The van der Waals surface area contributed by atoms with Crippen LogP contribution in [0.1, 0.15) is 28.7 Å². The highest BCUT2D eigenvalue weighted by Crippen LogP contribution is 2.44. The smallest absolute Gasteiger partial charge is 0.407 e. The second-order valence-electron chi connectivity index (χ2n) is 7.38. The van der Waals surface area contributed by atoms with Crippen LogP contribution in [0.4, 0.5) is 9.18 Å². The number of rotatable bonds is 6. The lowest BCUT2D eigenvalue weighted by molar-refractivity contribution is 0.0165. The average Bonchev–Trinajstić information content (AvgIpc) is 3.11. The number of amides is 1. The third-order valence-electron chi connectivity index (χ3n) is 5.44. The maximum Gasteiger partial charge on any atom is 0.407 e. The van der Waals surface area contributed by atoms with Crippen molar-refractivity contribution in [3.05, 3.63) is 94.3 Å². The highest BCUT2D eigenvalue weighted by molar-refractivity contribution is 6.30. The second kappa shape index (κ2) is 9.06. The Kier molecular flexibility index (Phi) is 6.23. The predicted molar refractivity (Wildman–Crippen MR) is 115 cm³/mol. The Bertz CT molecular complexity index is 1060. The fourth-order valence-corrected chi connectivity index (χ4v) is 4.08. The van der Waals surface area contributed by atoms with E-state index >= 15 is 0 Å². The van der Waals surface area contributed by atoms with Crippen LogP contribution >= 0.6 is 11.6 Å². The molecule has 0 radical (unpaired) electrons. The minimum Gasteiger partial charge on any atom is -0.449 e. The lowest BCUT2D eigenvalue weighted by Crippen LogP contribution is -2.36. The molecule has 1 aliphatic carbocycles. The number of carbonyl (C=O) groups is 1. The van der Waals surface area contributed by atoms with Crippen molar-refractivity contribution < 1.29 is 24.1 Å².